The van der Waals surface area contributed by atoms with Gasteiger partial charge in [0.15, 0.2) is 0 Å². The molecule has 2 aliphatic carbocycles. The lowest BCUT2D eigenvalue weighted by Gasteiger charge is -2.47. The quantitative estimate of drug-likeness (QED) is 0.560. The Morgan fingerprint density at radius 3 is 2.59 bits per heavy atom. The molecule has 2 aliphatic heterocycles. The molecule has 3 N–H and O–H groups in total. The van der Waals surface area contributed by atoms with Crippen LogP contribution in [-0.4, -0.2) is 44.2 Å². The molecule has 0 aromatic carbocycles. The number of halogens is 3. The standard InChI is InChI=1S/C25H27F3N8O/c1-12(14-4-7-19(31-11-14)25(26,27)28)36-23-20(18(10-29)35-36)24(37)34-22(33-23)16-6-5-15(16)21-30-9-8-17(32-21)13-2-3-13/h4,7-9,11-13,15-16,18,20,22-23,33,35H,2-3,5-6H2,1H3,(H,34,37)/t12-,15-,16-,18?,20?,22?,23?/m0/s1. The van der Waals surface area contributed by atoms with Gasteiger partial charge in [-0.2, -0.15) is 18.4 Å². The van der Waals surface area contributed by atoms with Crippen molar-refractivity contribution in [2.24, 2.45) is 11.8 Å². The number of alkyl halides is 3. The van der Waals surface area contributed by atoms with Crippen molar-refractivity contribution in [2.75, 3.05) is 0 Å². The Morgan fingerprint density at radius 2 is 1.97 bits per heavy atom. The van der Waals surface area contributed by atoms with Crippen LogP contribution >= 0.6 is 0 Å². The number of nitriles is 1. The Kier molecular flexibility index (Phi) is 5.89. The van der Waals surface area contributed by atoms with E-state index in [0.29, 0.717) is 11.5 Å². The van der Waals surface area contributed by atoms with Crippen LogP contribution in [0.25, 0.3) is 0 Å². The van der Waals surface area contributed by atoms with Crippen molar-refractivity contribution < 1.29 is 18.0 Å². The van der Waals surface area contributed by atoms with Crippen molar-refractivity contribution >= 4 is 5.91 Å². The van der Waals surface area contributed by atoms with Crippen molar-refractivity contribution in [3.05, 3.63) is 53.4 Å². The Labute approximate surface area is 211 Å². The first kappa shape index (κ1) is 24.2. The number of hydrogen-bond acceptors (Lipinski definition) is 8. The van der Waals surface area contributed by atoms with Gasteiger partial charge in [0, 0.05) is 41.9 Å². The highest BCUT2D eigenvalue weighted by Crippen LogP contribution is 2.45. The Hall–Kier alpha value is -3.14. The van der Waals surface area contributed by atoms with Gasteiger partial charge in [-0.25, -0.2) is 20.4 Å². The number of nitrogens with zero attached hydrogens (tertiary/aromatic N) is 5. The molecule has 4 aliphatic rings. The summed E-state index contributed by atoms with van der Waals surface area (Å²) in [7, 11) is 0. The van der Waals surface area contributed by atoms with E-state index in [1.54, 1.807) is 11.9 Å². The smallest absolute Gasteiger partial charge is 0.340 e. The summed E-state index contributed by atoms with van der Waals surface area (Å²) in [6.07, 6.45) is 1.74. The molecule has 0 spiro atoms. The minimum Gasteiger partial charge on any atom is -0.340 e. The summed E-state index contributed by atoms with van der Waals surface area (Å²) in [6, 6.07) is 5.22. The zero-order valence-electron chi connectivity index (χ0n) is 20.1. The summed E-state index contributed by atoms with van der Waals surface area (Å²) in [5, 5.41) is 18.1. The van der Waals surface area contributed by atoms with Crippen LogP contribution in [0.3, 0.4) is 0 Å². The van der Waals surface area contributed by atoms with Gasteiger partial charge in [-0.3, -0.25) is 15.1 Å². The third-order valence-corrected chi connectivity index (χ3v) is 8.13. The summed E-state index contributed by atoms with van der Waals surface area (Å²) in [6.45, 7) is 1.81. The van der Waals surface area contributed by atoms with Gasteiger partial charge >= 0.3 is 6.18 Å². The second-order valence-electron chi connectivity index (χ2n) is 10.4. The molecule has 2 aromatic heterocycles. The first-order valence-electron chi connectivity index (χ1n) is 12.6. The van der Waals surface area contributed by atoms with Gasteiger partial charge in [0.1, 0.15) is 17.6 Å². The topological polar surface area (TPSA) is 119 Å². The maximum atomic E-state index is 13.2. The molecule has 6 rings (SSSR count). The third-order valence-electron chi connectivity index (χ3n) is 8.13. The molecular formula is C25H27F3N8O. The van der Waals surface area contributed by atoms with Gasteiger partial charge in [-0.05, 0) is 50.3 Å². The van der Waals surface area contributed by atoms with E-state index in [-0.39, 0.29) is 23.9 Å². The Bertz CT molecular complexity index is 1230. The molecule has 1 amide bonds. The van der Waals surface area contributed by atoms with Gasteiger partial charge in [-0.1, -0.05) is 6.07 Å². The number of hydrogen-bond donors (Lipinski definition) is 3. The summed E-state index contributed by atoms with van der Waals surface area (Å²) in [5.74, 6) is 0.616. The van der Waals surface area contributed by atoms with Crippen LogP contribution < -0.4 is 16.1 Å². The van der Waals surface area contributed by atoms with E-state index in [1.807, 2.05) is 12.3 Å². The minimum absolute atomic E-state index is 0.0883. The van der Waals surface area contributed by atoms with E-state index in [9.17, 15) is 23.2 Å². The predicted molar refractivity (Wildman–Crippen MR) is 124 cm³/mol. The molecule has 4 unspecified atom stereocenters. The number of aromatic nitrogens is 3. The highest BCUT2D eigenvalue weighted by Gasteiger charge is 2.54. The van der Waals surface area contributed by atoms with Crippen LogP contribution in [0, 0.1) is 23.2 Å². The monoisotopic (exact) mass is 512 g/mol. The molecule has 9 nitrogen and oxygen atoms in total. The lowest BCUT2D eigenvalue weighted by Crippen LogP contribution is -2.68. The predicted octanol–water partition coefficient (Wildman–Crippen LogP) is 2.72. The van der Waals surface area contributed by atoms with E-state index >= 15 is 0 Å². The maximum absolute atomic E-state index is 13.2. The van der Waals surface area contributed by atoms with Gasteiger partial charge in [0.05, 0.1) is 24.3 Å². The zero-order chi connectivity index (χ0) is 25.9. The number of fused-ring (bicyclic) bond motifs is 1. The molecule has 37 heavy (non-hydrogen) atoms. The summed E-state index contributed by atoms with van der Waals surface area (Å²) < 4.78 is 38.9. The maximum Gasteiger partial charge on any atom is 0.433 e. The molecule has 2 saturated carbocycles. The zero-order valence-corrected chi connectivity index (χ0v) is 20.1. The highest BCUT2D eigenvalue weighted by molar-refractivity contribution is 5.82. The Balaban J connectivity index is 1.22. The van der Waals surface area contributed by atoms with Crippen LogP contribution in [0.4, 0.5) is 13.2 Å². The molecule has 0 radical (unpaired) electrons. The summed E-state index contributed by atoms with van der Waals surface area (Å²) in [5.41, 5.74) is 3.75. The van der Waals surface area contributed by atoms with E-state index in [1.165, 1.54) is 12.3 Å². The fraction of sp³-hybridized carbons (Fsp3) is 0.560. The average Bonchev–Trinajstić information content (AvgIpc) is 3.64. The van der Waals surface area contributed by atoms with Gasteiger partial charge in [-0.15, -0.1) is 0 Å². The molecule has 0 bridgehead atoms. The molecule has 2 aromatic rings. The second kappa shape index (κ2) is 9.01. The van der Waals surface area contributed by atoms with Crippen LogP contribution in [0.1, 0.15) is 73.3 Å². The average molecular weight is 513 g/mol. The van der Waals surface area contributed by atoms with E-state index in [2.05, 4.69) is 32.1 Å². The van der Waals surface area contributed by atoms with E-state index in [0.717, 1.165) is 43.3 Å². The number of amides is 1. The van der Waals surface area contributed by atoms with Crippen molar-refractivity contribution in [2.45, 2.75) is 75.0 Å². The summed E-state index contributed by atoms with van der Waals surface area (Å²) >= 11 is 0. The minimum atomic E-state index is -4.53. The molecule has 2 saturated heterocycles. The van der Waals surface area contributed by atoms with Crippen LogP contribution in [0.15, 0.2) is 30.6 Å². The van der Waals surface area contributed by atoms with E-state index < -0.39 is 36.0 Å². The molecular weight excluding hydrogens is 485 g/mol. The number of rotatable bonds is 5. The highest BCUT2D eigenvalue weighted by atomic mass is 19.4. The molecule has 4 fully saturated rings. The second-order valence-corrected chi connectivity index (χ2v) is 10.4. The first-order valence-corrected chi connectivity index (χ1v) is 12.6. The molecule has 12 heteroatoms. The molecule has 194 valence electrons. The Morgan fingerprint density at radius 1 is 1.16 bits per heavy atom. The number of pyridine rings is 1. The van der Waals surface area contributed by atoms with Crippen LogP contribution in [-0.2, 0) is 11.0 Å². The third kappa shape index (κ3) is 4.35. The molecule has 4 heterocycles. The van der Waals surface area contributed by atoms with E-state index in [4.69, 9.17) is 4.98 Å². The largest absolute Gasteiger partial charge is 0.433 e. The van der Waals surface area contributed by atoms with Crippen LogP contribution in [0.5, 0.6) is 0 Å². The first-order chi connectivity index (χ1) is 17.7. The van der Waals surface area contributed by atoms with Crippen molar-refractivity contribution in [1.29, 1.82) is 5.26 Å². The molecule has 7 atom stereocenters. The van der Waals surface area contributed by atoms with Crippen molar-refractivity contribution in [1.82, 2.24) is 36.0 Å². The lowest BCUT2D eigenvalue weighted by molar-refractivity contribution is -0.141. The SMILES string of the molecule is C[C@@H](c1ccc(C(F)(F)F)nc1)N1NC(C#N)C2C(=O)NC([C@H]3CC[C@@H]3c3nccc(C4CC4)n3)NC21. The number of hydrazine groups is 1. The lowest BCUT2D eigenvalue weighted by atomic mass is 9.70. The van der Waals surface area contributed by atoms with Gasteiger partial charge in [0.2, 0.25) is 5.91 Å². The fourth-order valence-corrected chi connectivity index (χ4v) is 5.72. The number of carbonyl (C=O) groups excluding carboxylic acids is 1. The van der Waals surface area contributed by atoms with Gasteiger partial charge in [0.25, 0.3) is 0 Å². The number of carbonyl (C=O) groups is 1. The van der Waals surface area contributed by atoms with Crippen molar-refractivity contribution in [3.63, 3.8) is 0 Å². The van der Waals surface area contributed by atoms with Crippen LogP contribution in [0.2, 0.25) is 0 Å². The summed E-state index contributed by atoms with van der Waals surface area (Å²) in [4.78, 5) is 26.1. The van der Waals surface area contributed by atoms with Crippen molar-refractivity contribution in [3.8, 4) is 6.07 Å². The normalized spacial score (nSPS) is 32.7. The number of nitrogens with one attached hydrogen (secondary N) is 3. The van der Waals surface area contributed by atoms with Gasteiger partial charge < -0.3 is 5.32 Å². The fourth-order valence-electron chi connectivity index (χ4n) is 5.72.